The van der Waals surface area contributed by atoms with E-state index in [9.17, 15) is 10.1 Å². The first-order valence-electron chi connectivity index (χ1n) is 15.7. The highest BCUT2D eigenvalue weighted by Crippen LogP contribution is 2.36. The summed E-state index contributed by atoms with van der Waals surface area (Å²) in [7, 11) is 0. The van der Waals surface area contributed by atoms with Crippen LogP contribution < -0.4 is 5.32 Å². The average Bonchev–Trinajstić information content (AvgIpc) is 2.96. The van der Waals surface area contributed by atoms with Crippen molar-refractivity contribution >= 4 is 12.1 Å². The van der Waals surface area contributed by atoms with Gasteiger partial charge >= 0.3 is 0 Å². The number of carbonyl (C=O) groups is 1. The first-order chi connectivity index (χ1) is 19.4. The maximum absolute atomic E-state index is 12.8. The first kappa shape index (κ1) is 37.3. The molecule has 1 amide bonds. The fourth-order valence-electron chi connectivity index (χ4n) is 5.28. The number of carbonyl (C=O) groups excluding carboxylic acids is 1. The van der Waals surface area contributed by atoms with Gasteiger partial charge in [0.1, 0.15) is 0 Å². The van der Waals surface area contributed by atoms with Crippen molar-refractivity contribution in [2.45, 2.75) is 100 Å². The number of rotatable bonds is 11. The van der Waals surface area contributed by atoms with Gasteiger partial charge in [0.2, 0.25) is 0 Å². The van der Waals surface area contributed by atoms with Gasteiger partial charge in [-0.15, -0.1) is 0 Å². The van der Waals surface area contributed by atoms with E-state index >= 15 is 0 Å². The zero-order valence-corrected chi connectivity index (χ0v) is 27.0. The molecular formula is C35H58N4O. The van der Waals surface area contributed by atoms with Crippen molar-refractivity contribution < 1.29 is 4.79 Å². The van der Waals surface area contributed by atoms with Crippen LogP contribution in [0.3, 0.4) is 0 Å². The van der Waals surface area contributed by atoms with E-state index in [-0.39, 0.29) is 17.9 Å². The Labute approximate surface area is 246 Å². The third-order valence-electron chi connectivity index (χ3n) is 7.16. The molecule has 0 heterocycles. The minimum absolute atomic E-state index is 0.0921. The van der Waals surface area contributed by atoms with Gasteiger partial charge in [-0.25, -0.2) is 0 Å². The Morgan fingerprint density at radius 2 is 1.90 bits per heavy atom. The molecule has 1 N–H and O–H groups in total. The molecular weight excluding hydrogens is 492 g/mol. The lowest BCUT2D eigenvalue weighted by Crippen LogP contribution is -2.49. The van der Waals surface area contributed by atoms with E-state index in [1.807, 2.05) is 54.5 Å². The number of nitrogens with zero attached hydrogens (tertiary/aromatic N) is 3. The molecule has 224 valence electrons. The lowest BCUT2D eigenvalue weighted by atomic mass is 9.75. The topological polar surface area (TPSA) is 68.5 Å². The molecule has 5 nitrogen and oxygen atoms in total. The van der Waals surface area contributed by atoms with Crippen LogP contribution in [-0.2, 0) is 4.79 Å². The summed E-state index contributed by atoms with van der Waals surface area (Å²) in [5, 5.41) is 12.8. The third kappa shape index (κ3) is 13.6. The van der Waals surface area contributed by atoms with Gasteiger partial charge < -0.3 is 5.32 Å². The molecule has 40 heavy (non-hydrogen) atoms. The van der Waals surface area contributed by atoms with Crippen molar-refractivity contribution in [3.63, 3.8) is 0 Å². The molecule has 2 unspecified atom stereocenters. The van der Waals surface area contributed by atoms with Crippen molar-refractivity contribution in [3.8, 4) is 6.07 Å². The molecule has 0 aromatic rings. The maximum Gasteiger partial charge on any atom is 0.252 e. The van der Waals surface area contributed by atoms with Crippen LogP contribution in [0.1, 0.15) is 94.4 Å². The van der Waals surface area contributed by atoms with E-state index in [0.29, 0.717) is 43.0 Å². The molecule has 0 saturated carbocycles. The van der Waals surface area contributed by atoms with E-state index in [1.54, 1.807) is 18.5 Å². The normalized spacial score (nSPS) is 23.5. The molecule has 0 radical (unpaired) electrons. The smallest absolute Gasteiger partial charge is 0.252 e. The van der Waals surface area contributed by atoms with Crippen LogP contribution in [0.5, 0.6) is 0 Å². The van der Waals surface area contributed by atoms with Crippen LogP contribution in [0.4, 0.5) is 0 Å². The van der Waals surface area contributed by atoms with E-state index in [4.69, 9.17) is 0 Å². The highest BCUT2D eigenvalue weighted by atomic mass is 16.1. The van der Waals surface area contributed by atoms with Crippen LogP contribution in [0.15, 0.2) is 64.9 Å². The summed E-state index contributed by atoms with van der Waals surface area (Å²) < 4.78 is 0. The summed E-state index contributed by atoms with van der Waals surface area (Å²) >= 11 is 0. The van der Waals surface area contributed by atoms with E-state index < -0.39 is 0 Å². The van der Waals surface area contributed by atoms with Crippen LogP contribution in [-0.4, -0.2) is 42.7 Å². The summed E-state index contributed by atoms with van der Waals surface area (Å²) in [5.41, 5.74) is 1.90. The third-order valence-corrected chi connectivity index (χ3v) is 7.16. The van der Waals surface area contributed by atoms with E-state index in [0.717, 1.165) is 19.3 Å². The fourth-order valence-corrected chi connectivity index (χ4v) is 5.28. The molecule has 0 fully saturated rings. The molecule has 5 atom stereocenters. The van der Waals surface area contributed by atoms with E-state index in [2.05, 4.69) is 65.5 Å². The Balaban J connectivity index is 0.00000363. The van der Waals surface area contributed by atoms with Gasteiger partial charge in [0.25, 0.3) is 5.91 Å². The standard InChI is InChI=1S/C31H46N4O.2C2H6/c1-6-13-28(22-33-7-2)31(36)34-18-19-35(23-25(4)21-32)30(27-16-12-14-24(3)20-27)29-17-11-9-8-10-15-26(29)5;2*1-2/h6-7,9,11-13,16,20,22,24-26,29-30H,8,10,14-15,17-19,23H2,1-5H3,(H,34,36);2*1-2H3/b11-9-,13-6-,28-22+,33-7?;;/t24-,25?,26+,29-,30?;;/m1../s1. The minimum atomic E-state index is -0.129. The molecule has 0 spiro atoms. The maximum atomic E-state index is 12.8. The number of aliphatic imine (C=N–C) groups is 1. The number of nitrogens with one attached hydrogen (secondary N) is 1. The molecule has 2 rings (SSSR count). The molecule has 2 aliphatic rings. The molecule has 2 aliphatic carbocycles. The molecule has 0 saturated heterocycles. The summed E-state index contributed by atoms with van der Waals surface area (Å²) in [4.78, 5) is 19.4. The number of allylic oxidation sites excluding steroid dienone is 5. The van der Waals surface area contributed by atoms with Gasteiger partial charge in [0.15, 0.2) is 0 Å². The van der Waals surface area contributed by atoms with Crippen molar-refractivity contribution in [3.05, 3.63) is 59.9 Å². The minimum Gasteiger partial charge on any atom is -0.351 e. The number of amides is 1. The van der Waals surface area contributed by atoms with Gasteiger partial charge in [-0.2, -0.15) is 5.26 Å². The van der Waals surface area contributed by atoms with Gasteiger partial charge in [0, 0.05) is 38.1 Å². The average molecular weight is 551 g/mol. The predicted octanol–water partition coefficient (Wildman–Crippen LogP) is 8.44. The van der Waals surface area contributed by atoms with Gasteiger partial charge in [0.05, 0.1) is 17.6 Å². The molecule has 0 aliphatic heterocycles. The largest absolute Gasteiger partial charge is 0.351 e. The van der Waals surface area contributed by atoms with Crippen molar-refractivity contribution in [2.24, 2.45) is 28.7 Å². The summed E-state index contributed by atoms with van der Waals surface area (Å²) in [6, 6.07) is 2.65. The quantitative estimate of drug-likeness (QED) is 0.121. The summed E-state index contributed by atoms with van der Waals surface area (Å²) in [6.45, 7) is 20.3. The Morgan fingerprint density at radius 1 is 1.18 bits per heavy atom. The summed E-state index contributed by atoms with van der Waals surface area (Å²) in [6.07, 6.45) is 24.3. The Kier molecular flexibility index (Phi) is 21.5. The Hall–Kier alpha value is -2.71. The second-order valence-electron chi connectivity index (χ2n) is 10.3. The highest BCUT2D eigenvalue weighted by Gasteiger charge is 2.34. The van der Waals surface area contributed by atoms with Gasteiger partial charge in [-0.05, 0) is 69.8 Å². The molecule has 5 heteroatoms. The van der Waals surface area contributed by atoms with Crippen LogP contribution in [0.25, 0.3) is 0 Å². The Morgan fingerprint density at radius 3 is 2.52 bits per heavy atom. The second kappa shape index (κ2) is 23.0. The Bertz CT molecular complexity index is 918. The number of nitriles is 1. The monoisotopic (exact) mass is 550 g/mol. The SMILES string of the molecule is CC.CC.CC=N/C=C(\C=C/C)C(=O)NCCN(CC(C)C#N)C(C1=C[C@H](C)CC=C1)[C@@H]1C/C=C\CCC[C@@H]1C. The molecule has 0 bridgehead atoms. The lowest BCUT2D eigenvalue weighted by Gasteiger charge is -2.42. The van der Waals surface area contributed by atoms with Crippen LogP contribution in [0, 0.1) is 35.0 Å². The lowest BCUT2D eigenvalue weighted by molar-refractivity contribution is -0.117. The first-order valence-corrected chi connectivity index (χ1v) is 15.7. The van der Waals surface area contributed by atoms with Crippen molar-refractivity contribution in [1.82, 2.24) is 10.2 Å². The molecule has 0 aromatic carbocycles. The van der Waals surface area contributed by atoms with Crippen LogP contribution >= 0.6 is 0 Å². The van der Waals surface area contributed by atoms with E-state index in [1.165, 1.54) is 18.4 Å². The van der Waals surface area contributed by atoms with Gasteiger partial charge in [-0.3, -0.25) is 14.7 Å². The zero-order chi connectivity index (χ0) is 30.3. The zero-order valence-electron chi connectivity index (χ0n) is 27.0. The predicted molar refractivity (Wildman–Crippen MR) is 174 cm³/mol. The van der Waals surface area contributed by atoms with Crippen molar-refractivity contribution in [1.29, 1.82) is 5.26 Å². The molecule has 0 aromatic heterocycles. The fraction of sp³-hybridized carbons (Fsp3) is 0.629. The van der Waals surface area contributed by atoms with Crippen LogP contribution in [0.2, 0.25) is 0 Å². The van der Waals surface area contributed by atoms with Crippen molar-refractivity contribution in [2.75, 3.05) is 19.6 Å². The highest BCUT2D eigenvalue weighted by molar-refractivity contribution is 5.96. The summed E-state index contributed by atoms with van der Waals surface area (Å²) in [5.74, 6) is 1.33. The number of hydrogen-bond donors (Lipinski definition) is 1. The number of hydrogen-bond acceptors (Lipinski definition) is 4. The van der Waals surface area contributed by atoms with Gasteiger partial charge in [-0.1, -0.05) is 90.5 Å². The second-order valence-corrected chi connectivity index (χ2v) is 10.3.